The zero-order chi connectivity index (χ0) is 19.1. The molecule has 0 radical (unpaired) electrons. The van der Waals surface area contributed by atoms with Crippen molar-refractivity contribution in [3.05, 3.63) is 54.1 Å². The Kier molecular flexibility index (Phi) is 6.44. The number of carbonyl (C=O) groups excluding carboxylic acids is 2. The molecule has 142 valence electrons. The third kappa shape index (κ3) is 5.56. The van der Waals surface area contributed by atoms with Crippen molar-refractivity contribution in [1.82, 2.24) is 5.32 Å². The zero-order valence-corrected chi connectivity index (χ0v) is 15.2. The molecule has 0 saturated carbocycles. The van der Waals surface area contributed by atoms with Crippen molar-refractivity contribution in [3.8, 4) is 11.5 Å². The fraction of sp³-hybridized carbons (Fsp3) is 0.333. The van der Waals surface area contributed by atoms with Gasteiger partial charge in [0.05, 0.1) is 5.56 Å². The number of rotatable bonds is 7. The van der Waals surface area contributed by atoms with E-state index < -0.39 is 5.91 Å². The Bertz CT molecular complexity index is 784. The SMILES string of the molecule is NC(=O)c1ccccc1Oc1ccc(NC(=O)CCC2CCNCC2)cc1. The fourth-order valence-corrected chi connectivity index (χ4v) is 3.22. The average molecular weight is 367 g/mol. The first-order valence-corrected chi connectivity index (χ1v) is 9.29. The normalized spacial score (nSPS) is 14.5. The summed E-state index contributed by atoms with van der Waals surface area (Å²) < 4.78 is 5.74. The maximum absolute atomic E-state index is 12.1. The number of nitrogens with one attached hydrogen (secondary N) is 2. The summed E-state index contributed by atoms with van der Waals surface area (Å²) in [7, 11) is 0. The van der Waals surface area contributed by atoms with Crippen LogP contribution < -0.4 is 21.1 Å². The molecule has 4 N–H and O–H groups in total. The molecule has 6 nitrogen and oxygen atoms in total. The molecular weight excluding hydrogens is 342 g/mol. The smallest absolute Gasteiger partial charge is 0.252 e. The van der Waals surface area contributed by atoms with Gasteiger partial charge in [-0.25, -0.2) is 0 Å². The largest absolute Gasteiger partial charge is 0.457 e. The van der Waals surface area contributed by atoms with Gasteiger partial charge in [0.25, 0.3) is 5.91 Å². The molecule has 0 aromatic heterocycles. The van der Waals surface area contributed by atoms with Gasteiger partial charge in [0.15, 0.2) is 0 Å². The number of nitrogens with two attached hydrogens (primary N) is 1. The van der Waals surface area contributed by atoms with Gasteiger partial charge in [-0.2, -0.15) is 0 Å². The number of hydrogen-bond donors (Lipinski definition) is 3. The molecule has 2 aromatic carbocycles. The van der Waals surface area contributed by atoms with Crippen LogP contribution in [0.3, 0.4) is 0 Å². The van der Waals surface area contributed by atoms with Gasteiger partial charge in [-0.05, 0) is 74.7 Å². The molecule has 1 fully saturated rings. The highest BCUT2D eigenvalue weighted by Gasteiger charge is 2.14. The van der Waals surface area contributed by atoms with E-state index >= 15 is 0 Å². The van der Waals surface area contributed by atoms with Gasteiger partial charge in [0.1, 0.15) is 11.5 Å². The van der Waals surface area contributed by atoms with E-state index in [4.69, 9.17) is 10.5 Å². The topological polar surface area (TPSA) is 93.5 Å². The number of primary amides is 1. The Labute approximate surface area is 159 Å². The second kappa shape index (κ2) is 9.19. The highest BCUT2D eigenvalue weighted by Crippen LogP contribution is 2.26. The molecule has 0 bridgehead atoms. The Hall–Kier alpha value is -2.86. The van der Waals surface area contributed by atoms with E-state index in [1.165, 1.54) is 0 Å². The lowest BCUT2D eigenvalue weighted by molar-refractivity contribution is -0.116. The molecule has 0 atom stereocenters. The van der Waals surface area contributed by atoms with E-state index in [-0.39, 0.29) is 5.91 Å². The standard InChI is InChI=1S/C21H25N3O3/c22-21(26)18-3-1-2-4-19(18)27-17-8-6-16(7-9-17)24-20(25)10-5-15-11-13-23-14-12-15/h1-4,6-9,15,23H,5,10-14H2,(H2,22,26)(H,24,25). The minimum absolute atomic E-state index is 0.0290. The molecule has 1 aliphatic heterocycles. The maximum Gasteiger partial charge on any atom is 0.252 e. The van der Waals surface area contributed by atoms with Gasteiger partial charge in [-0.15, -0.1) is 0 Å². The van der Waals surface area contributed by atoms with Gasteiger partial charge < -0.3 is 21.1 Å². The van der Waals surface area contributed by atoms with Crippen molar-refractivity contribution in [2.45, 2.75) is 25.7 Å². The second-order valence-electron chi connectivity index (χ2n) is 6.77. The average Bonchev–Trinajstić information content (AvgIpc) is 2.69. The van der Waals surface area contributed by atoms with Crippen molar-refractivity contribution in [3.63, 3.8) is 0 Å². The summed E-state index contributed by atoms with van der Waals surface area (Å²) >= 11 is 0. The number of benzene rings is 2. The number of piperidine rings is 1. The van der Waals surface area contributed by atoms with Crippen molar-refractivity contribution in [2.75, 3.05) is 18.4 Å². The van der Waals surface area contributed by atoms with E-state index in [0.717, 1.165) is 38.0 Å². The second-order valence-corrected chi connectivity index (χ2v) is 6.77. The van der Waals surface area contributed by atoms with E-state index in [1.807, 2.05) is 0 Å². The minimum atomic E-state index is -0.539. The number of anilines is 1. The molecule has 2 amide bonds. The van der Waals surface area contributed by atoms with Crippen LogP contribution in [-0.2, 0) is 4.79 Å². The highest BCUT2D eigenvalue weighted by molar-refractivity contribution is 5.95. The Morgan fingerprint density at radius 3 is 2.48 bits per heavy atom. The Morgan fingerprint density at radius 1 is 1.07 bits per heavy atom. The lowest BCUT2D eigenvalue weighted by Gasteiger charge is -2.22. The van der Waals surface area contributed by atoms with Crippen LogP contribution in [0.2, 0.25) is 0 Å². The zero-order valence-electron chi connectivity index (χ0n) is 15.2. The minimum Gasteiger partial charge on any atom is -0.457 e. The first-order chi connectivity index (χ1) is 13.1. The predicted octanol–water partition coefficient (Wildman–Crippen LogP) is 3.30. The van der Waals surface area contributed by atoms with Gasteiger partial charge in [-0.3, -0.25) is 9.59 Å². The number of para-hydroxylation sites is 1. The van der Waals surface area contributed by atoms with Crippen molar-refractivity contribution < 1.29 is 14.3 Å². The molecule has 0 aliphatic carbocycles. The first kappa shape index (κ1) is 18.9. The molecule has 2 aromatic rings. The lowest BCUT2D eigenvalue weighted by atomic mass is 9.93. The first-order valence-electron chi connectivity index (χ1n) is 9.29. The summed E-state index contributed by atoms with van der Waals surface area (Å²) in [5.41, 5.74) is 6.41. The van der Waals surface area contributed by atoms with Crippen LogP contribution >= 0.6 is 0 Å². The molecule has 0 unspecified atom stereocenters. The number of carbonyl (C=O) groups is 2. The van der Waals surface area contributed by atoms with Crippen LogP contribution in [0, 0.1) is 5.92 Å². The van der Waals surface area contributed by atoms with Crippen LogP contribution in [0.4, 0.5) is 5.69 Å². The summed E-state index contributed by atoms with van der Waals surface area (Å²) in [6, 6.07) is 13.9. The van der Waals surface area contributed by atoms with Gasteiger partial charge >= 0.3 is 0 Å². The van der Waals surface area contributed by atoms with Crippen LogP contribution in [0.25, 0.3) is 0 Å². The lowest BCUT2D eigenvalue weighted by Crippen LogP contribution is -2.28. The van der Waals surface area contributed by atoms with Crippen molar-refractivity contribution in [1.29, 1.82) is 0 Å². The summed E-state index contributed by atoms with van der Waals surface area (Å²) in [5.74, 6) is 1.10. The summed E-state index contributed by atoms with van der Waals surface area (Å²) in [6.45, 7) is 2.10. The van der Waals surface area contributed by atoms with E-state index in [9.17, 15) is 9.59 Å². The van der Waals surface area contributed by atoms with Crippen LogP contribution in [0.15, 0.2) is 48.5 Å². The van der Waals surface area contributed by atoms with E-state index in [0.29, 0.717) is 29.4 Å². The van der Waals surface area contributed by atoms with E-state index in [2.05, 4.69) is 10.6 Å². The summed E-state index contributed by atoms with van der Waals surface area (Å²) in [5, 5.41) is 6.25. The highest BCUT2D eigenvalue weighted by atomic mass is 16.5. The van der Waals surface area contributed by atoms with E-state index in [1.54, 1.807) is 48.5 Å². The Morgan fingerprint density at radius 2 is 1.78 bits per heavy atom. The van der Waals surface area contributed by atoms with Gasteiger partial charge in [0.2, 0.25) is 5.91 Å². The quantitative estimate of drug-likeness (QED) is 0.700. The molecule has 1 aliphatic rings. The molecule has 27 heavy (non-hydrogen) atoms. The molecule has 6 heteroatoms. The monoisotopic (exact) mass is 367 g/mol. The van der Waals surface area contributed by atoms with Crippen molar-refractivity contribution in [2.24, 2.45) is 11.7 Å². The number of amides is 2. The third-order valence-electron chi connectivity index (χ3n) is 4.76. The summed E-state index contributed by atoms with van der Waals surface area (Å²) in [4.78, 5) is 23.6. The fourth-order valence-electron chi connectivity index (χ4n) is 3.22. The molecule has 1 heterocycles. The van der Waals surface area contributed by atoms with Gasteiger partial charge in [-0.1, -0.05) is 12.1 Å². The molecule has 0 spiro atoms. The predicted molar refractivity (Wildman–Crippen MR) is 105 cm³/mol. The summed E-state index contributed by atoms with van der Waals surface area (Å²) in [6.07, 6.45) is 3.76. The third-order valence-corrected chi connectivity index (χ3v) is 4.76. The van der Waals surface area contributed by atoms with Crippen molar-refractivity contribution >= 4 is 17.5 Å². The maximum atomic E-state index is 12.1. The molecular formula is C21H25N3O3. The van der Waals surface area contributed by atoms with Crippen LogP contribution in [-0.4, -0.2) is 24.9 Å². The van der Waals surface area contributed by atoms with Gasteiger partial charge in [0, 0.05) is 12.1 Å². The van der Waals surface area contributed by atoms with Crippen LogP contribution in [0.5, 0.6) is 11.5 Å². The number of ether oxygens (including phenoxy) is 1. The molecule has 1 saturated heterocycles. The number of hydrogen-bond acceptors (Lipinski definition) is 4. The molecule has 3 rings (SSSR count). The van der Waals surface area contributed by atoms with Crippen LogP contribution in [0.1, 0.15) is 36.0 Å². The Balaban J connectivity index is 1.52.